The fourth-order valence-electron chi connectivity index (χ4n) is 11.1. The third kappa shape index (κ3) is 25.4. The number of pyridine rings is 2. The van der Waals surface area contributed by atoms with Gasteiger partial charge in [0.2, 0.25) is 5.91 Å². The van der Waals surface area contributed by atoms with Crippen LogP contribution in [0, 0.1) is 0 Å². The summed E-state index contributed by atoms with van der Waals surface area (Å²) in [6.07, 6.45) is 29.5. The van der Waals surface area contributed by atoms with Gasteiger partial charge in [-0.1, -0.05) is 175 Å². The molecule has 2 N–H and O–H groups in total. The smallest absolute Gasteiger partial charge is 0.756 e. The fraction of sp³-hybridized carbons (Fsp3) is 0.708. The molecular formula is C65H100N4NaO15P. The number of phosphoric ester groups is 1. The molecule has 2 unspecified atom stereocenters. The van der Waals surface area contributed by atoms with Gasteiger partial charge in [0.25, 0.3) is 13.4 Å². The van der Waals surface area contributed by atoms with Gasteiger partial charge in [-0.3, -0.25) is 28.5 Å². The zero-order valence-corrected chi connectivity index (χ0v) is 55.8. The topological polar surface area (TPSA) is 251 Å². The largest absolute Gasteiger partial charge is 1.00 e. The summed E-state index contributed by atoms with van der Waals surface area (Å²) in [5.41, 5.74) is 1.12. The number of phosphoric acid groups is 1. The van der Waals surface area contributed by atoms with Gasteiger partial charge in [-0.15, -0.1) is 0 Å². The standard InChI is InChI=1S/C65H101N4O15P.Na/c1-6-9-11-13-15-17-19-21-23-25-27-29-31-35-59(71)79-46-50(83-60(72)36-32-30-28-26-24-22-20-18-16-14-12-10-7-2)47-82-85(77,78)81-41-40-66-58(70)34-33-37-61(73)84-57-39-38-55-51(52(57)45-68(4)5)42-49-44-69-56(62(49)67-55)43-54-53(63(69)74)48-80-64(75)65(54,76)8-3;/h38-39,42-43,50,76H,6-37,40-41,44-48H2,1-5H3,(H,66,70)(H,77,78);/q;+1/p-1/t50?,65-;/m1./s1. The van der Waals surface area contributed by atoms with E-state index < -0.39 is 62.5 Å². The van der Waals surface area contributed by atoms with Gasteiger partial charge < -0.3 is 52.8 Å². The van der Waals surface area contributed by atoms with Crippen molar-refractivity contribution in [2.75, 3.05) is 40.5 Å². The third-order valence-electron chi connectivity index (χ3n) is 16.0. The Morgan fingerprint density at radius 3 is 1.84 bits per heavy atom. The number of unbranched alkanes of at least 4 members (excludes halogenated alkanes) is 24. The molecule has 0 bridgehead atoms. The molecule has 2 aliphatic rings. The Morgan fingerprint density at radius 2 is 1.28 bits per heavy atom. The van der Waals surface area contributed by atoms with Crippen LogP contribution in [0.2, 0.25) is 0 Å². The molecule has 0 fully saturated rings. The SMILES string of the molecule is CCCCCCCCCCCCCCCC(=O)OCC(COP(=O)([O-])OCCNC(=O)CCCC(=O)Oc1ccc2nc3c(cc2c1CN(C)C)Cn1c-3cc2c(c1=O)COC(=O)[C@@]2(O)CC)OC(=O)CCCCCCCCCCCCCCC.[Na+]. The van der Waals surface area contributed by atoms with Crippen LogP contribution in [-0.2, 0) is 77.1 Å². The van der Waals surface area contributed by atoms with Crippen LogP contribution in [0.3, 0.4) is 0 Å². The van der Waals surface area contributed by atoms with Crippen LogP contribution in [0.1, 0.15) is 248 Å². The minimum atomic E-state index is -4.96. The zero-order chi connectivity index (χ0) is 61.5. The van der Waals surface area contributed by atoms with Crippen molar-refractivity contribution in [2.45, 2.75) is 258 Å². The summed E-state index contributed by atoms with van der Waals surface area (Å²) in [4.78, 5) is 97.7. The minimum Gasteiger partial charge on any atom is -0.756 e. The number of nitrogens with one attached hydrogen (secondary N) is 1. The first-order valence-corrected chi connectivity index (χ1v) is 33.7. The number of fused-ring (bicyclic) bond motifs is 5. The van der Waals surface area contributed by atoms with Gasteiger partial charge in [-0.05, 0) is 64.0 Å². The quantitative estimate of drug-likeness (QED) is 0.0104. The Kier molecular flexibility index (Phi) is 35.1. The van der Waals surface area contributed by atoms with Crippen molar-refractivity contribution in [3.05, 3.63) is 56.9 Å². The average molecular weight is 1230 g/mol. The van der Waals surface area contributed by atoms with E-state index in [-0.39, 0.29) is 111 Å². The Balaban J connectivity index is 0.0000158. The molecule has 476 valence electrons. The van der Waals surface area contributed by atoms with E-state index in [1.54, 1.807) is 29.7 Å². The van der Waals surface area contributed by atoms with Crippen molar-refractivity contribution >= 4 is 48.5 Å². The molecule has 0 spiro atoms. The van der Waals surface area contributed by atoms with E-state index in [0.717, 1.165) is 44.1 Å². The Bertz CT molecular complexity index is 2700. The minimum absolute atomic E-state index is 0. The van der Waals surface area contributed by atoms with Crippen LogP contribution < -0.4 is 50.1 Å². The van der Waals surface area contributed by atoms with Crippen LogP contribution in [0.25, 0.3) is 22.3 Å². The van der Waals surface area contributed by atoms with Gasteiger partial charge in [0.15, 0.2) is 11.7 Å². The first kappa shape index (κ1) is 74.4. The Labute approximate surface area is 533 Å². The van der Waals surface area contributed by atoms with Crippen molar-refractivity contribution in [3.63, 3.8) is 0 Å². The number of carbonyl (C=O) groups is 5. The summed E-state index contributed by atoms with van der Waals surface area (Å²) in [6, 6.07) is 6.93. The maximum atomic E-state index is 13.7. The molecule has 0 aliphatic carbocycles. The summed E-state index contributed by atoms with van der Waals surface area (Å²) in [7, 11) is -1.22. The van der Waals surface area contributed by atoms with E-state index in [2.05, 4.69) is 19.2 Å². The fourth-order valence-corrected chi connectivity index (χ4v) is 11.8. The number of carbonyl (C=O) groups excluding carboxylic acids is 5. The number of rotatable bonds is 46. The summed E-state index contributed by atoms with van der Waals surface area (Å²) in [5.74, 6) is -2.53. The first-order valence-electron chi connectivity index (χ1n) is 32.2. The number of hydrogen-bond acceptors (Lipinski definition) is 17. The summed E-state index contributed by atoms with van der Waals surface area (Å²) < 4.78 is 46.6. The predicted octanol–water partition coefficient (Wildman–Crippen LogP) is 9.26. The van der Waals surface area contributed by atoms with E-state index in [9.17, 15) is 43.3 Å². The average Bonchev–Trinajstić information content (AvgIpc) is 3.21. The molecular weight excluding hydrogens is 1130 g/mol. The van der Waals surface area contributed by atoms with Crippen LogP contribution >= 0.6 is 7.82 Å². The summed E-state index contributed by atoms with van der Waals surface area (Å²) >= 11 is 0. The van der Waals surface area contributed by atoms with Gasteiger partial charge in [-0.25, -0.2) is 9.78 Å². The summed E-state index contributed by atoms with van der Waals surface area (Å²) in [6.45, 7) is 4.80. The molecule has 2 aliphatic heterocycles. The van der Waals surface area contributed by atoms with Crippen LogP contribution in [-0.4, -0.2) is 95.9 Å². The molecule has 0 saturated carbocycles. The van der Waals surface area contributed by atoms with Gasteiger partial charge in [-0.2, -0.15) is 0 Å². The van der Waals surface area contributed by atoms with E-state index in [1.165, 1.54) is 116 Å². The Morgan fingerprint density at radius 1 is 0.733 bits per heavy atom. The second-order valence-electron chi connectivity index (χ2n) is 23.5. The molecule has 3 aromatic rings. The van der Waals surface area contributed by atoms with Gasteiger partial charge in [0.05, 0.1) is 42.2 Å². The van der Waals surface area contributed by atoms with Crippen LogP contribution in [0.5, 0.6) is 5.75 Å². The molecule has 2 aromatic heterocycles. The number of aliphatic hydroxyl groups is 1. The Hall–Kier alpha value is -4.04. The van der Waals surface area contributed by atoms with E-state index in [1.807, 2.05) is 25.1 Å². The van der Waals surface area contributed by atoms with E-state index in [0.29, 0.717) is 53.0 Å². The third-order valence-corrected chi connectivity index (χ3v) is 17.0. The molecule has 5 rings (SSSR count). The van der Waals surface area contributed by atoms with Crippen LogP contribution in [0.15, 0.2) is 29.1 Å². The molecule has 4 heterocycles. The number of aromatic nitrogens is 2. The predicted molar refractivity (Wildman–Crippen MR) is 325 cm³/mol. The van der Waals surface area contributed by atoms with Crippen molar-refractivity contribution in [2.24, 2.45) is 0 Å². The maximum absolute atomic E-state index is 13.7. The summed E-state index contributed by atoms with van der Waals surface area (Å²) in [5, 5.41) is 14.5. The molecule has 21 heteroatoms. The first-order chi connectivity index (χ1) is 41.0. The number of hydrogen-bond donors (Lipinski definition) is 2. The number of ether oxygens (including phenoxy) is 4. The number of esters is 4. The molecule has 3 atom stereocenters. The second-order valence-corrected chi connectivity index (χ2v) is 24.9. The van der Waals surface area contributed by atoms with E-state index >= 15 is 0 Å². The molecule has 86 heavy (non-hydrogen) atoms. The molecule has 19 nitrogen and oxygen atoms in total. The molecule has 1 aromatic carbocycles. The number of benzene rings is 1. The van der Waals surface area contributed by atoms with Crippen molar-refractivity contribution in [1.82, 2.24) is 19.8 Å². The second kappa shape index (κ2) is 40.6. The van der Waals surface area contributed by atoms with Crippen molar-refractivity contribution in [3.8, 4) is 17.1 Å². The number of amides is 1. The monoisotopic (exact) mass is 1230 g/mol. The van der Waals surface area contributed by atoms with Crippen molar-refractivity contribution in [1.29, 1.82) is 0 Å². The number of nitrogens with zero attached hydrogens (tertiary/aromatic N) is 3. The zero-order valence-electron chi connectivity index (χ0n) is 52.9. The molecule has 0 radical (unpaired) electrons. The van der Waals surface area contributed by atoms with Gasteiger partial charge in [0, 0.05) is 60.8 Å². The van der Waals surface area contributed by atoms with Crippen LogP contribution in [0.4, 0.5) is 0 Å². The van der Waals surface area contributed by atoms with E-state index in [4.69, 9.17) is 33.0 Å². The van der Waals surface area contributed by atoms with Crippen molar-refractivity contribution < 1.29 is 96.1 Å². The normalized spacial score (nSPS) is 15.3. The maximum Gasteiger partial charge on any atom is 1.00 e. The molecule has 1 amide bonds. The molecule has 0 saturated heterocycles. The number of cyclic esters (lactones) is 1. The van der Waals surface area contributed by atoms with Gasteiger partial charge >= 0.3 is 53.4 Å². The van der Waals surface area contributed by atoms with Gasteiger partial charge in [0.1, 0.15) is 19.0 Å².